The Morgan fingerprint density at radius 3 is 2.53 bits per heavy atom. The molecular formula is C24H27F2N7O. The van der Waals surface area contributed by atoms with Crippen molar-refractivity contribution < 1.29 is 13.5 Å². The van der Waals surface area contributed by atoms with Crippen LogP contribution in [0.1, 0.15) is 42.4 Å². The van der Waals surface area contributed by atoms with E-state index in [4.69, 9.17) is 14.8 Å². The van der Waals surface area contributed by atoms with Crippen LogP contribution in [0.15, 0.2) is 30.6 Å². The van der Waals surface area contributed by atoms with E-state index in [2.05, 4.69) is 20.2 Å². The number of piperidine rings is 1. The van der Waals surface area contributed by atoms with Crippen LogP contribution in [0, 0.1) is 30.4 Å². The lowest BCUT2D eigenvalue weighted by molar-refractivity contribution is 0.0808. The summed E-state index contributed by atoms with van der Waals surface area (Å²) in [6.45, 7) is 4.95. The molecule has 6 rings (SSSR count). The molecule has 1 N–H and O–H groups in total. The van der Waals surface area contributed by atoms with Gasteiger partial charge < -0.3 is 15.0 Å². The van der Waals surface area contributed by atoms with Crippen LogP contribution in [0.2, 0.25) is 0 Å². The molecule has 8 nitrogen and oxygen atoms in total. The molecule has 3 aliphatic rings. The monoisotopic (exact) mass is 467 g/mol. The highest BCUT2D eigenvalue weighted by molar-refractivity contribution is 5.42. The lowest BCUT2D eigenvalue weighted by Crippen LogP contribution is -2.48. The molecule has 0 radical (unpaired) electrons. The molecule has 2 unspecified atom stereocenters. The number of benzene rings is 1. The van der Waals surface area contributed by atoms with Gasteiger partial charge in [0.2, 0.25) is 5.95 Å². The largest absolute Gasteiger partial charge is 0.365 e. The maximum atomic E-state index is 13.9. The highest BCUT2D eigenvalue weighted by Crippen LogP contribution is 2.40. The standard InChI is InChI=1S/C24H27F2N7O/c1-14-7-20(28-13-27-14)32-11-15-3-4-16(12-32)21(15)29-24-30-23-22(34-6-2-5-33(23)31-24)17-8-18(25)10-19(26)9-17/h7-10,13,15-16,21-22H,2-6,11-12H2,1H3,(H,29,31)/t15-,16?,21?,22-/m0/s1. The first-order valence-electron chi connectivity index (χ1n) is 11.9. The molecular weight excluding hydrogens is 440 g/mol. The van der Waals surface area contributed by atoms with Crippen LogP contribution in [0.5, 0.6) is 0 Å². The van der Waals surface area contributed by atoms with Crippen molar-refractivity contribution in [3.63, 3.8) is 0 Å². The first kappa shape index (κ1) is 21.4. The molecule has 2 bridgehead atoms. The number of ether oxygens (including phenoxy) is 1. The summed E-state index contributed by atoms with van der Waals surface area (Å²) in [6, 6.07) is 5.78. The summed E-state index contributed by atoms with van der Waals surface area (Å²) in [6.07, 6.45) is 4.01. The zero-order valence-electron chi connectivity index (χ0n) is 19.0. The van der Waals surface area contributed by atoms with Gasteiger partial charge in [0.1, 0.15) is 29.9 Å². The van der Waals surface area contributed by atoms with Crippen molar-refractivity contribution in [3.8, 4) is 0 Å². The fourth-order valence-electron chi connectivity index (χ4n) is 5.64. The fourth-order valence-corrected chi connectivity index (χ4v) is 5.64. The number of halogens is 2. The molecule has 3 aromatic rings. The molecule has 0 spiro atoms. The number of fused-ring (bicyclic) bond motifs is 3. The Hall–Kier alpha value is -3.14. The minimum Gasteiger partial charge on any atom is -0.365 e. The van der Waals surface area contributed by atoms with E-state index >= 15 is 0 Å². The highest BCUT2D eigenvalue weighted by atomic mass is 19.1. The van der Waals surface area contributed by atoms with Crippen LogP contribution < -0.4 is 10.2 Å². The quantitative estimate of drug-likeness (QED) is 0.629. The fraction of sp³-hybridized carbons (Fsp3) is 0.500. The third-order valence-electron chi connectivity index (χ3n) is 7.16. The molecule has 1 saturated carbocycles. The molecule has 178 valence electrons. The Morgan fingerprint density at radius 1 is 1.03 bits per heavy atom. The normalized spacial score (nSPS) is 26.3. The molecule has 10 heteroatoms. The van der Waals surface area contributed by atoms with Gasteiger partial charge in [0.05, 0.1) is 0 Å². The average Bonchev–Trinajstić information content (AvgIpc) is 3.20. The minimum absolute atomic E-state index is 0.275. The SMILES string of the molecule is Cc1cc(N2CC3CC[C@@H](C2)C3Nc2nc3n(n2)CCCO[C@H]3c2cc(F)cc(F)c2)ncn1. The lowest BCUT2D eigenvalue weighted by atomic mass is 9.92. The van der Waals surface area contributed by atoms with Gasteiger partial charge in [0.15, 0.2) is 5.82 Å². The molecule has 4 atom stereocenters. The van der Waals surface area contributed by atoms with Crippen molar-refractivity contribution in [2.24, 2.45) is 11.8 Å². The van der Waals surface area contributed by atoms with Gasteiger partial charge in [-0.05, 0) is 55.7 Å². The van der Waals surface area contributed by atoms with Crippen molar-refractivity contribution in [1.29, 1.82) is 0 Å². The summed E-state index contributed by atoms with van der Waals surface area (Å²) < 4.78 is 35.5. The van der Waals surface area contributed by atoms with E-state index < -0.39 is 17.7 Å². The summed E-state index contributed by atoms with van der Waals surface area (Å²) >= 11 is 0. The molecule has 2 aromatic heterocycles. The van der Waals surface area contributed by atoms with Gasteiger partial charge in [-0.25, -0.2) is 23.4 Å². The van der Waals surface area contributed by atoms with Gasteiger partial charge in [-0.1, -0.05) is 0 Å². The third kappa shape index (κ3) is 4.00. The summed E-state index contributed by atoms with van der Waals surface area (Å²) in [4.78, 5) is 15.8. The topological polar surface area (TPSA) is 81.0 Å². The van der Waals surface area contributed by atoms with Crippen molar-refractivity contribution >= 4 is 11.8 Å². The van der Waals surface area contributed by atoms with Crippen molar-refractivity contribution in [3.05, 3.63) is 59.3 Å². The molecule has 1 aliphatic carbocycles. The average molecular weight is 468 g/mol. The molecule has 34 heavy (non-hydrogen) atoms. The van der Waals surface area contributed by atoms with Crippen LogP contribution in [0.25, 0.3) is 0 Å². The number of aryl methyl sites for hydroxylation is 2. The second kappa shape index (κ2) is 8.57. The van der Waals surface area contributed by atoms with E-state index in [0.717, 1.165) is 49.9 Å². The van der Waals surface area contributed by atoms with Crippen LogP contribution in [0.3, 0.4) is 0 Å². The van der Waals surface area contributed by atoms with Crippen LogP contribution in [-0.4, -0.2) is 50.5 Å². The van der Waals surface area contributed by atoms with Gasteiger partial charge in [-0.2, -0.15) is 4.98 Å². The van der Waals surface area contributed by atoms with E-state index in [0.29, 0.717) is 42.3 Å². The maximum absolute atomic E-state index is 13.9. The van der Waals surface area contributed by atoms with Crippen molar-refractivity contribution in [1.82, 2.24) is 24.7 Å². The predicted molar refractivity (Wildman–Crippen MR) is 121 cm³/mol. The summed E-state index contributed by atoms with van der Waals surface area (Å²) in [7, 11) is 0. The smallest absolute Gasteiger partial charge is 0.242 e. The molecule has 4 heterocycles. The Labute approximate surface area is 196 Å². The van der Waals surface area contributed by atoms with E-state index in [1.165, 1.54) is 12.1 Å². The van der Waals surface area contributed by atoms with E-state index in [1.807, 2.05) is 17.7 Å². The lowest BCUT2D eigenvalue weighted by Gasteiger charge is -2.38. The Kier molecular flexibility index (Phi) is 5.40. The zero-order chi connectivity index (χ0) is 23.2. The van der Waals surface area contributed by atoms with Gasteiger partial charge in [0, 0.05) is 50.1 Å². The third-order valence-corrected chi connectivity index (χ3v) is 7.16. The van der Waals surface area contributed by atoms with E-state index in [9.17, 15) is 8.78 Å². The van der Waals surface area contributed by atoms with E-state index in [-0.39, 0.29) is 6.04 Å². The van der Waals surface area contributed by atoms with Crippen LogP contribution in [-0.2, 0) is 11.3 Å². The highest BCUT2D eigenvalue weighted by Gasteiger charge is 2.43. The molecule has 2 aliphatic heterocycles. The first-order chi connectivity index (χ1) is 16.5. The number of hydrogen-bond donors (Lipinski definition) is 1. The minimum atomic E-state index is -0.657. The predicted octanol–water partition coefficient (Wildman–Crippen LogP) is 3.49. The van der Waals surface area contributed by atoms with Crippen molar-refractivity contribution in [2.45, 2.75) is 44.9 Å². The first-order valence-corrected chi connectivity index (χ1v) is 11.9. The van der Waals surface area contributed by atoms with Gasteiger partial charge in [-0.15, -0.1) is 5.10 Å². The van der Waals surface area contributed by atoms with Gasteiger partial charge in [0.25, 0.3) is 0 Å². The number of rotatable bonds is 4. The molecule has 0 amide bonds. The van der Waals surface area contributed by atoms with Crippen molar-refractivity contribution in [2.75, 3.05) is 29.9 Å². The number of nitrogens with zero attached hydrogens (tertiary/aromatic N) is 6. The number of nitrogens with one attached hydrogen (secondary N) is 1. The van der Waals surface area contributed by atoms with Gasteiger partial charge in [-0.3, -0.25) is 0 Å². The number of anilines is 2. The summed E-state index contributed by atoms with van der Waals surface area (Å²) in [5.41, 5.74) is 1.38. The number of aromatic nitrogens is 5. The number of hydrogen-bond acceptors (Lipinski definition) is 7. The van der Waals surface area contributed by atoms with Crippen LogP contribution >= 0.6 is 0 Å². The van der Waals surface area contributed by atoms with Crippen LogP contribution in [0.4, 0.5) is 20.5 Å². The molecule has 2 fully saturated rings. The van der Waals surface area contributed by atoms with E-state index in [1.54, 1.807) is 6.33 Å². The summed E-state index contributed by atoms with van der Waals surface area (Å²) in [5, 5.41) is 8.30. The molecule has 1 saturated heterocycles. The second-order valence-electron chi connectivity index (χ2n) is 9.51. The maximum Gasteiger partial charge on any atom is 0.242 e. The Morgan fingerprint density at radius 2 is 1.79 bits per heavy atom. The Balaban J connectivity index is 1.22. The Bertz CT molecular complexity index is 1170. The summed E-state index contributed by atoms with van der Waals surface area (Å²) in [5.74, 6) is 1.77. The zero-order valence-corrected chi connectivity index (χ0v) is 19.0. The molecule has 1 aromatic carbocycles. The second-order valence-corrected chi connectivity index (χ2v) is 9.51. The van der Waals surface area contributed by atoms with Gasteiger partial charge >= 0.3 is 0 Å².